The van der Waals surface area contributed by atoms with Crippen LogP contribution in [0.25, 0.3) is 11.0 Å². The SMILES string of the molecule is C[C@]1(O)[C@@H](O)[C@H](n2ccc3c(N)ncnc32)O[C@@H]1[C@](C)(O)c1ccc(F)c(F)c1. The zero-order chi connectivity index (χ0) is 21.1. The summed E-state index contributed by atoms with van der Waals surface area (Å²) in [6, 6.07) is 4.52. The number of aliphatic hydroxyl groups excluding tert-OH is 1. The van der Waals surface area contributed by atoms with Crippen molar-refractivity contribution in [3.63, 3.8) is 0 Å². The number of nitrogen functional groups attached to an aromatic ring is 1. The number of nitrogens with two attached hydrogens (primary N) is 1. The molecule has 0 spiro atoms. The average Bonchev–Trinajstić information content (AvgIpc) is 3.18. The van der Waals surface area contributed by atoms with Gasteiger partial charge in [0, 0.05) is 6.20 Å². The number of aliphatic hydroxyl groups is 3. The highest BCUT2D eigenvalue weighted by Crippen LogP contribution is 2.46. The van der Waals surface area contributed by atoms with E-state index in [9.17, 15) is 24.1 Å². The Labute approximate surface area is 164 Å². The third kappa shape index (κ3) is 2.87. The summed E-state index contributed by atoms with van der Waals surface area (Å²) in [6.45, 7) is 2.59. The normalized spacial score (nSPS) is 29.3. The largest absolute Gasteiger partial charge is 0.385 e. The zero-order valence-electron chi connectivity index (χ0n) is 15.6. The van der Waals surface area contributed by atoms with Gasteiger partial charge in [0.25, 0.3) is 0 Å². The molecule has 1 saturated heterocycles. The molecule has 0 bridgehead atoms. The molecule has 3 aromatic rings. The molecule has 1 fully saturated rings. The van der Waals surface area contributed by atoms with Gasteiger partial charge in [0.1, 0.15) is 41.2 Å². The number of halogens is 2. The van der Waals surface area contributed by atoms with Crippen LogP contribution in [0.1, 0.15) is 25.6 Å². The zero-order valence-corrected chi connectivity index (χ0v) is 15.6. The van der Waals surface area contributed by atoms with Crippen LogP contribution in [0.2, 0.25) is 0 Å². The molecule has 1 aromatic carbocycles. The second-order valence-electron chi connectivity index (χ2n) is 7.57. The van der Waals surface area contributed by atoms with Crippen LogP contribution in [0.5, 0.6) is 0 Å². The Balaban J connectivity index is 1.76. The van der Waals surface area contributed by atoms with Gasteiger partial charge in [-0.25, -0.2) is 18.7 Å². The maximum Gasteiger partial charge on any atom is 0.164 e. The van der Waals surface area contributed by atoms with Crippen molar-refractivity contribution < 1.29 is 28.8 Å². The lowest BCUT2D eigenvalue weighted by molar-refractivity contribution is -0.161. The summed E-state index contributed by atoms with van der Waals surface area (Å²) < 4.78 is 34.3. The van der Waals surface area contributed by atoms with E-state index in [0.29, 0.717) is 11.0 Å². The monoisotopic (exact) mass is 406 g/mol. The molecule has 5 N–H and O–H groups in total. The van der Waals surface area contributed by atoms with Crippen LogP contribution in [0.3, 0.4) is 0 Å². The Bertz CT molecular complexity index is 1090. The Hall–Kier alpha value is -2.66. The summed E-state index contributed by atoms with van der Waals surface area (Å²) in [6.07, 6.45) is -1.16. The Morgan fingerprint density at radius 1 is 1.24 bits per heavy atom. The average molecular weight is 406 g/mol. The third-order valence-electron chi connectivity index (χ3n) is 5.50. The molecule has 154 valence electrons. The van der Waals surface area contributed by atoms with Crippen LogP contribution in [-0.2, 0) is 10.3 Å². The van der Waals surface area contributed by atoms with Gasteiger partial charge in [-0.05, 0) is 37.6 Å². The van der Waals surface area contributed by atoms with Gasteiger partial charge in [-0.2, -0.15) is 0 Å². The lowest BCUT2D eigenvalue weighted by atomic mass is 9.80. The lowest BCUT2D eigenvalue weighted by Gasteiger charge is -2.37. The lowest BCUT2D eigenvalue weighted by Crippen LogP contribution is -2.53. The number of aromatic nitrogens is 3. The highest BCUT2D eigenvalue weighted by atomic mass is 19.2. The molecule has 0 aliphatic carbocycles. The van der Waals surface area contributed by atoms with Gasteiger partial charge in [0.05, 0.1) is 5.39 Å². The van der Waals surface area contributed by atoms with Crippen LogP contribution in [0, 0.1) is 11.6 Å². The first kappa shape index (κ1) is 19.6. The highest BCUT2D eigenvalue weighted by Gasteiger charge is 2.59. The summed E-state index contributed by atoms with van der Waals surface area (Å²) in [4.78, 5) is 8.04. The molecule has 2 aromatic heterocycles. The number of hydrogen-bond donors (Lipinski definition) is 4. The van der Waals surface area contributed by atoms with Crippen molar-refractivity contribution in [3.05, 3.63) is 54.0 Å². The smallest absolute Gasteiger partial charge is 0.164 e. The molecular weight excluding hydrogens is 386 g/mol. The fraction of sp³-hybridized carbons (Fsp3) is 0.368. The van der Waals surface area contributed by atoms with Gasteiger partial charge >= 0.3 is 0 Å². The van der Waals surface area contributed by atoms with Gasteiger partial charge in [0.2, 0.25) is 0 Å². The molecule has 1 aliphatic rings. The number of ether oxygens (including phenoxy) is 1. The van der Waals surface area contributed by atoms with Crippen LogP contribution < -0.4 is 5.73 Å². The van der Waals surface area contributed by atoms with Crippen LogP contribution in [-0.4, -0.2) is 47.7 Å². The predicted molar refractivity (Wildman–Crippen MR) is 98.4 cm³/mol. The molecule has 4 rings (SSSR count). The van der Waals surface area contributed by atoms with Crippen LogP contribution in [0.4, 0.5) is 14.6 Å². The first-order chi connectivity index (χ1) is 13.5. The molecule has 10 heteroatoms. The minimum absolute atomic E-state index is 0.0153. The summed E-state index contributed by atoms with van der Waals surface area (Å²) in [5.41, 5.74) is 2.29. The Morgan fingerprint density at radius 3 is 2.66 bits per heavy atom. The van der Waals surface area contributed by atoms with Crippen molar-refractivity contribution in [2.45, 2.75) is 43.5 Å². The van der Waals surface area contributed by atoms with E-state index in [4.69, 9.17) is 10.5 Å². The second-order valence-corrected chi connectivity index (χ2v) is 7.57. The van der Waals surface area contributed by atoms with Crippen molar-refractivity contribution in [3.8, 4) is 0 Å². The van der Waals surface area contributed by atoms with E-state index in [1.807, 2.05) is 0 Å². The molecule has 5 atom stereocenters. The number of fused-ring (bicyclic) bond motifs is 1. The summed E-state index contributed by atoms with van der Waals surface area (Å²) >= 11 is 0. The molecule has 29 heavy (non-hydrogen) atoms. The van der Waals surface area contributed by atoms with Gasteiger partial charge in [-0.3, -0.25) is 0 Å². The first-order valence-electron chi connectivity index (χ1n) is 8.86. The number of anilines is 1. The number of benzene rings is 1. The Kier molecular flexibility index (Phi) is 4.35. The van der Waals surface area contributed by atoms with Crippen molar-refractivity contribution in [1.82, 2.24) is 14.5 Å². The molecular formula is C19H20F2N4O4. The predicted octanol–water partition coefficient (Wildman–Crippen LogP) is 1.21. The van der Waals surface area contributed by atoms with E-state index in [0.717, 1.165) is 12.1 Å². The standard InChI is InChI=1S/C19H20F2N4O4/c1-18(27,9-3-4-11(20)12(21)7-9)17-19(2,28)13(26)16(29-17)25-6-5-10-14(22)23-8-24-15(10)25/h3-8,13,16-17,26-28H,1-2H3,(H2,22,23,24)/t13-,16+,17+,18+,19-/m0/s1. The van der Waals surface area contributed by atoms with Crippen molar-refractivity contribution in [1.29, 1.82) is 0 Å². The van der Waals surface area contributed by atoms with Gasteiger partial charge in [-0.15, -0.1) is 0 Å². The van der Waals surface area contributed by atoms with E-state index in [-0.39, 0.29) is 11.4 Å². The van der Waals surface area contributed by atoms with E-state index >= 15 is 0 Å². The van der Waals surface area contributed by atoms with E-state index in [1.165, 1.54) is 30.8 Å². The first-order valence-corrected chi connectivity index (χ1v) is 8.86. The summed E-state index contributed by atoms with van der Waals surface area (Å²) in [5.74, 6) is -1.99. The summed E-state index contributed by atoms with van der Waals surface area (Å²) in [7, 11) is 0. The minimum atomic E-state index is -1.95. The van der Waals surface area contributed by atoms with E-state index < -0.39 is 41.3 Å². The van der Waals surface area contributed by atoms with Gasteiger partial charge in [0.15, 0.2) is 17.9 Å². The number of nitrogens with zero attached hydrogens (tertiary/aromatic N) is 3. The minimum Gasteiger partial charge on any atom is -0.385 e. The van der Waals surface area contributed by atoms with Gasteiger partial charge in [-0.1, -0.05) is 6.07 Å². The fourth-order valence-corrected chi connectivity index (χ4v) is 3.87. The van der Waals surface area contributed by atoms with Crippen molar-refractivity contribution in [2.75, 3.05) is 5.73 Å². The van der Waals surface area contributed by atoms with Crippen molar-refractivity contribution in [2.24, 2.45) is 0 Å². The molecule has 0 radical (unpaired) electrons. The summed E-state index contributed by atoms with van der Waals surface area (Å²) in [5, 5.41) is 33.4. The number of rotatable bonds is 3. The molecule has 1 aliphatic heterocycles. The molecule has 0 unspecified atom stereocenters. The van der Waals surface area contributed by atoms with E-state index in [1.54, 1.807) is 12.3 Å². The topological polar surface area (TPSA) is 127 Å². The third-order valence-corrected chi connectivity index (χ3v) is 5.50. The van der Waals surface area contributed by atoms with Gasteiger partial charge < -0.3 is 30.4 Å². The fourth-order valence-electron chi connectivity index (χ4n) is 3.87. The van der Waals surface area contributed by atoms with Crippen LogP contribution >= 0.6 is 0 Å². The number of hydrogen-bond acceptors (Lipinski definition) is 7. The van der Waals surface area contributed by atoms with Crippen LogP contribution in [0.15, 0.2) is 36.8 Å². The quantitative estimate of drug-likeness (QED) is 0.515. The molecule has 8 nitrogen and oxygen atoms in total. The maximum atomic E-state index is 13.7. The van der Waals surface area contributed by atoms with Crippen molar-refractivity contribution >= 4 is 16.9 Å². The molecule has 0 amide bonds. The molecule has 0 saturated carbocycles. The second kappa shape index (κ2) is 6.42. The Morgan fingerprint density at radius 2 is 1.97 bits per heavy atom. The van der Waals surface area contributed by atoms with E-state index in [2.05, 4.69) is 9.97 Å². The maximum absolute atomic E-state index is 13.7. The molecule has 3 heterocycles. The highest BCUT2D eigenvalue weighted by molar-refractivity contribution is 5.86.